The van der Waals surface area contributed by atoms with Gasteiger partial charge >= 0.3 is 0 Å². The molecule has 1 aliphatic rings. The normalized spacial score (nSPS) is 15.0. The third kappa shape index (κ3) is 1.88. The predicted octanol–water partition coefficient (Wildman–Crippen LogP) is 2.42. The number of nitrogens with zero attached hydrogens (tertiary/aromatic N) is 3. The summed E-state index contributed by atoms with van der Waals surface area (Å²) in [7, 11) is 2.06. The summed E-state index contributed by atoms with van der Waals surface area (Å²) in [4.78, 5) is 10.9. The number of alkyl halides is 1. The van der Waals surface area contributed by atoms with Crippen molar-refractivity contribution in [1.82, 2.24) is 9.97 Å². The molecule has 2 rings (SSSR count). The van der Waals surface area contributed by atoms with Crippen LogP contribution in [0.2, 0.25) is 0 Å². The van der Waals surface area contributed by atoms with Crippen molar-refractivity contribution in [3.63, 3.8) is 0 Å². The van der Waals surface area contributed by atoms with Crippen LogP contribution in [0.15, 0.2) is 6.33 Å². The van der Waals surface area contributed by atoms with E-state index in [1.54, 1.807) is 6.33 Å². The number of anilines is 1. The lowest BCUT2D eigenvalue weighted by Gasteiger charge is -2.35. The van der Waals surface area contributed by atoms with Gasteiger partial charge in [-0.2, -0.15) is 0 Å². The Hall–Kier alpha value is -0.830. The summed E-state index contributed by atoms with van der Waals surface area (Å²) in [5.41, 5.74) is 2.44. The minimum absolute atomic E-state index is 0.0771. The van der Waals surface area contributed by atoms with Crippen LogP contribution in [0.4, 0.5) is 5.82 Å². The molecular formula is C12H18ClN3. The lowest BCUT2D eigenvalue weighted by molar-refractivity contribution is 0.538. The van der Waals surface area contributed by atoms with Crippen LogP contribution in [0, 0.1) is 0 Å². The van der Waals surface area contributed by atoms with Crippen LogP contribution in [0.3, 0.4) is 0 Å². The SMILES string of the molecule is CN(c1ncnc2c1CCC2)C(C)(C)CCl. The van der Waals surface area contributed by atoms with Crippen molar-refractivity contribution in [3.05, 3.63) is 17.6 Å². The van der Waals surface area contributed by atoms with E-state index < -0.39 is 0 Å². The highest BCUT2D eigenvalue weighted by Gasteiger charge is 2.27. The number of aryl methyl sites for hydroxylation is 1. The van der Waals surface area contributed by atoms with Gasteiger partial charge < -0.3 is 4.90 Å². The van der Waals surface area contributed by atoms with Crippen LogP contribution >= 0.6 is 11.6 Å². The zero-order chi connectivity index (χ0) is 11.8. The molecule has 0 aliphatic heterocycles. The Morgan fingerprint density at radius 3 is 2.81 bits per heavy atom. The second-order valence-electron chi connectivity index (χ2n) is 4.98. The minimum Gasteiger partial charge on any atom is -0.353 e. The number of halogens is 1. The van der Waals surface area contributed by atoms with Crippen molar-refractivity contribution in [1.29, 1.82) is 0 Å². The number of hydrogen-bond acceptors (Lipinski definition) is 3. The summed E-state index contributed by atoms with van der Waals surface area (Å²) in [6.45, 7) is 4.26. The number of fused-ring (bicyclic) bond motifs is 1. The number of aromatic nitrogens is 2. The highest BCUT2D eigenvalue weighted by Crippen LogP contribution is 2.30. The van der Waals surface area contributed by atoms with E-state index >= 15 is 0 Å². The van der Waals surface area contributed by atoms with Gasteiger partial charge in [-0.15, -0.1) is 11.6 Å². The summed E-state index contributed by atoms with van der Waals surface area (Å²) in [6, 6.07) is 0. The lowest BCUT2D eigenvalue weighted by Crippen LogP contribution is -2.43. The van der Waals surface area contributed by atoms with Crippen molar-refractivity contribution in [2.45, 2.75) is 38.6 Å². The van der Waals surface area contributed by atoms with Gasteiger partial charge in [0.2, 0.25) is 0 Å². The average molecular weight is 240 g/mol. The summed E-state index contributed by atoms with van der Waals surface area (Å²) < 4.78 is 0. The van der Waals surface area contributed by atoms with Crippen LogP contribution in [-0.4, -0.2) is 28.4 Å². The fourth-order valence-corrected chi connectivity index (χ4v) is 2.19. The molecule has 0 atom stereocenters. The van der Waals surface area contributed by atoms with Gasteiger partial charge in [0.1, 0.15) is 12.1 Å². The first-order valence-electron chi connectivity index (χ1n) is 5.69. The van der Waals surface area contributed by atoms with E-state index in [4.69, 9.17) is 11.6 Å². The highest BCUT2D eigenvalue weighted by molar-refractivity contribution is 6.18. The third-order valence-electron chi connectivity index (χ3n) is 3.40. The molecule has 16 heavy (non-hydrogen) atoms. The summed E-state index contributed by atoms with van der Waals surface area (Å²) in [6.07, 6.45) is 5.03. The summed E-state index contributed by atoms with van der Waals surface area (Å²) in [5.74, 6) is 1.63. The van der Waals surface area contributed by atoms with Gasteiger partial charge in [-0.05, 0) is 33.1 Å². The van der Waals surface area contributed by atoms with Crippen molar-refractivity contribution in [2.75, 3.05) is 17.8 Å². The van der Waals surface area contributed by atoms with E-state index in [-0.39, 0.29) is 5.54 Å². The van der Waals surface area contributed by atoms with Gasteiger partial charge in [0.25, 0.3) is 0 Å². The van der Waals surface area contributed by atoms with Crippen LogP contribution in [0.5, 0.6) is 0 Å². The first kappa shape index (κ1) is 11.6. The van der Waals surface area contributed by atoms with E-state index in [0.29, 0.717) is 5.88 Å². The van der Waals surface area contributed by atoms with Crippen LogP contribution < -0.4 is 4.90 Å². The largest absolute Gasteiger partial charge is 0.353 e. The zero-order valence-corrected chi connectivity index (χ0v) is 10.9. The van der Waals surface area contributed by atoms with E-state index in [1.165, 1.54) is 17.7 Å². The maximum atomic E-state index is 6.00. The summed E-state index contributed by atoms with van der Waals surface area (Å²) >= 11 is 6.00. The molecule has 0 amide bonds. The standard InChI is InChI=1S/C12H18ClN3/c1-12(2,7-13)16(3)11-9-5-4-6-10(9)14-8-15-11/h8H,4-7H2,1-3H3. The maximum absolute atomic E-state index is 6.00. The molecule has 0 bridgehead atoms. The second kappa shape index (κ2) is 4.21. The van der Waals surface area contributed by atoms with Crippen molar-refractivity contribution < 1.29 is 0 Å². The number of hydrogen-bond donors (Lipinski definition) is 0. The van der Waals surface area contributed by atoms with Gasteiger partial charge in [-0.25, -0.2) is 9.97 Å². The topological polar surface area (TPSA) is 29.0 Å². The van der Waals surface area contributed by atoms with Gasteiger partial charge in [0.15, 0.2) is 0 Å². The summed E-state index contributed by atoms with van der Waals surface area (Å²) in [5, 5.41) is 0. The highest BCUT2D eigenvalue weighted by atomic mass is 35.5. The zero-order valence-electron chi connectivity index (χ0n) is 10.1. The molecule has 3 nitrogen and oxygen atoms in total. The molecule has 0 fully saturated rings. The quantitative estimate of drug-likeness (QED) is 0.759. The fraction of sp³-hybridized carbons (Fsp3) is 0.667. The molecule has 1 heterocycles. The Kier molecular flexibility index (Phi) is 3.06. The van der Waals surface area contributed by atoms with Gasteiger partial charge in [-0.3, -0.25) is 0 Å². The second-order valence-corrected chi connectivity index (χ2v) is 5.25. The van der Waals surface area contributed by atoms with E-state index in [0.717, 1.165) is 18.7 Å². The predicted molar refractivity (Wildman–Crippen MR) is 67.3 cm³/mol. The Labute approximate surface area is 102 Å². The van der Waals surface area contributed by atoms with E-state index in [1.807, 2.05) is 0 Å². The minimum atomic E-state index is -0.0771. The molecule has 88 valence electrons. The molecule has 0 aromatic carbocycles. The Bertz CT molecular complexity index is 390. The molecule has 0 saturated carbocycles. The smallest absolute Gasteiger partial charge is 0.135 e. The molecule has 0 spiro atoms. The Balaban J connectivity index is 2.38. The fourth-order valence-electron chi connectivity index (χ4n) is 2.01. The van der Waals surface area contributed by atoms with Crippen LogP contribution in [0.25, 0.3) is 0 Å². The Morgan fingerprint density at radius 1 is 1.38 bits per heavy atom. The third-order valence-corrected chi connectivity index (χ3v) is 4.06. The first-order valence-corrected chi connectivity index (χ1v) is 6.22. The van der Waals surface area contributed by atoms with E-state index in [9.17, 15) is 0 Å². The van der Waals surface area contributed by atoms with Gasteiger partial charge in [0, 0.05) is 29.7 Å². The van der Waals surface area contributed by atoms with E-state index in [2.05, 4.69) is 35.8 Å². The molecule has 0 N–H and O–H groups in total. The molecule has 0 saturated heterocycles. The maximum Gasteiger partial charge on any atom is 0.135 e. The molecule has 1 aliphatic carbocycles. The molecule has 4 heteroatoms. The van der Waals surface area contributed by atoms with Gasteiger partial charge in [-0.1, -0.05) is 0 Å². The van der Waals surface area contributed by atoms with Crippen molar-refractivity contribution in [3.8, 4) is 0 Å². The van der Waals surface area contributed by atoms with Crippen LogP contribution in [-0.2, 0) is 12.8 Å². The average Bonchev–Trinajstić information content (AvgIpc) is 2.75. The molecular weight excluding hydrogens is 222 g/mol. The van der Waals surface area contributed by atoms with Crippen molar-refractivity contribution in [2.24, 2.45) is 0 Å². The number of rotatable bonds is 3. The molecule has 1 aromatic rings. The molecule has 1 aromatic heterocycles. The Morgan fingerprint density at radius 2 is 2.12 bits per heavy atom. The molecule has 0 unspecified atom stereocenters. The lowest BCUT2D eigenvalue weighted by atomic mass is 10.1. The van der Waals surface area contributed by atoms with Gasteiger partial charge in [0.05, 0.1) is 0 Å². The van der Waals surface area contributed by atoms with Crippen LogP contribution in [0.1, 0.15) is 31.5 Å². The van der Waals surface area contributed by atoms with Crippen molar-refractivity contribution >= 4 is 17.4 Å². The first-order chi connectivity index (χ1) is 7.56. The monoisotopic (exact) mass is 239 g/mol. The molecule has 0 radical (unpaired) electrons.